The Morgan fingerprint density at radius 2 is 1.40 bits per heavy atom. The third kappa shape index (κ3) is 57.0. The normalized spacial score (nSPS) is 12.4. The lowest BCUT2D eigenvalue weighted by Gasteiger charge is -1.10. The molecule has 0 amide bonds. The summed E-state index contributed by atoms with van der Waals surface area (Å²) < 4.78 is 12.5. The lowest BCUT2D eigenvalue weighted by molar-refractivity contribution is 0.824. The zero-order valence-electron chi connectivity index (χ0n) is 5.50. The van der Waals surface area contributed by atoms with Crippen molar-refractivity contribution in [2.75, 3.05) is 13.3 Å². The molecule has 0 fully saturated rings. The van der Waals surface area contributed by atoms with Crippen molar-refractivity contribution in [1.29, 1.82) is 2.56 Å². The summed E-state index contributed by atoms with van der Waals surface area (Å²) in [6, 6.07) is 0. The van der Waals surface area contributed by atoms with Crippen molar-refractivity contribution in [3.8, 4) is 0 Å². The van der Waals surface area contributed by atoms with Crippen molar-refractivity contribution in [3.63, 3.8) is 0 Å². The number of rotatable bonds is 0. The molecule has 0 bridgehead atoms. The summed E-state index contributed by atoms with van der Waals surface area (Å²) in [4.78, 5) is 0. The summed E-state index contributed by atoms with van der Waals surface area (Å²) in [5.41, 5.74) is 0. The first-order valence-electron chi connectivity index (χ1n) is 2.00. The van der Waals surface area contributed by atoms with Crippen LogP contribution in [0.15, 0.2) is 0 Å². The standard InChI is InChI=1S/2CH5P.H2O/c2*1-2;/h2*2H2,1H3;1H2/i2*2T;. The van der Waals surface area contributed by atoms with Crippen molar-refractivity contribution in [2.45, 2.75) is 0 Å². The van der Waals surface area contributed by atoms with E-state index >= 15 is 0 Å². The Balaban J connectivity index is -0.0000000400. The molecule has 2 N–H and O–H groups in total. The molecule has 5 heavy (non-hydrogen) atoms. The second-order valence-electron chi connectivity index (χ2n) is 0. The average Bonchev–Trinajstić information content (AvgIpc) is 1.39. The topological polar surface area (TPSA) is 31.5 Å². The van der Waals surface area contributed by atoms with Crippen molar-refractivity contribution < 1.29 is 5.48 Å². The molecular weight excluding hydrogens is 102 g/mol. The van der Waals surface area contributed by atoms with Crippen LogP contribution in [0.5, 0.6) is 0 Å². The number of hydrogen-bond donors (Lipinski definition) is 0. The third-order valence-electron chi connectivity index (χ3n) is 0. The van der Waals surface area contributed by atoms with E-state index in [2.05, 4.69) is 0 Å². The highest BCUT2D eigenvalue weighted by molar-refractivity contribution is 7.15. The average molecular weight is 118 g/mol. The zero-order valence-corrected chi connectivity index (χ0v) is 5.50. The lowest BCUT2D eigenvalue weighted by atomic mass is 12.0. The largest absolute Gasteiger partial charge is 0.412 e. The van der Waals surface area contributed by atoms with E-state index < -0.39 is 0 Å². The third-order valence-corrected chi connectivity index (χ3v) is 0. The molecule has 2 unspecified atom stereocenters. The van der Waals surface area contributed by atoms with Crippen LogP contribution in [0.1, 0.15) is 0 Å². The van der Waals surface area contributed by atoms with Crippen LogP contribution < -0.4 is 0 Å². The van der Waals surface area contributed by atoms with Gasteiger partial charge in [-0.2, -0.15) is 0 Å². The maximum Gasteiger partial charge on any atom is 0.0543 e. The van der Waals surface area contributed by atoms with Gasteiger partial charge < -0.3 is 5.48 Å². The predicted octanol–water partition coefficient (Wildman–Crippen LogP) is 0.158. The Morgan fingerprint density at radius 1 is 1.40 bits per heavy atom. The number of hydrogen-bond acceptors (Lipinski definition) is 0. The minimum absolute atomic E-state index is 0. The highest BCUT2D eigenvalue weighted by atomic mass is 31.0. The predicted molar refractivity (Wildman–Crippen MR) is 34.9 cm³/mol. The molecule has 0 spiro atoms. The van der Waals surface area contributed by atoms with E-state index in [1.165, 1.54) is 0 Å². The summed E-state index contributed by atoms with van der Waals surface area (Å²) in [6.45, 7) is 3.64. The maximum absolute atomic E-state index is 6.24. The van der Waals surface area contributed by atoms with Crippen LogP contribution in [0.3, 0.4) is 0 Å². The fraction of sp³-hybridized carbons (Fsp3) is 1.00. The molecule has 1 nitrogen and oxygen atoms in total. The molecule has 0 heterocycles. The van der Waals surface area contributed by atoms with E-state index in [1.807, 2.05) is 13.3 Å². The summed E-state index contributed by atoms with van der Waals surface area (Å²) in [6.07, 6.45) is 0. The van der Waals surface area contributed by atoms with Crippen LogP contribution in [-0.4, -0.2) is 21.4 Å². The molecule has 0 aliphatic carbocycles. The second kappa shape index (κ2) is 105. The van der Waals surface area contributed by atoms with Gasteiger partial charge >= 0.3 is 0 Å². The monoisotopic (exact) mass is 118 g/mol. The van der Waals surface area contributed by atoms with E-state index in [0.717, 1.165) is 0 Å². The van der Waals surface area contributed by atoms with Gasteiger partial charge in [0.25, 0.3) is 0 Å². The Labute approximate surface area is 40.8 Å². The van der Waals surface area contributed by atoms with Crippen molar-refractivity contribution in [2.24, 2.45) is 0 Å². The molecule has 0 saturated heterocycles. The molecule has 0 radical (unpaired) electrons. The molecule has 0 aromatic rings. The Hall–Kier alpha value is 0.820. The highest BCUT2D eigenvalue weighted by Gasteiger charge is 0.908. The molecule has 3 heteroatoms. The fourth-order valence-corrected chi connectivity index (χ4v) is 0. The quantitative estimate of drug-likeness (QED) is 0.406. The van der Waals surface area contributed by atoms with Gasteiger partial charge in [0, 0.05) is 0 Å². The Morgan fingerprint density at radius 3 is 1.40 bits per heavy atom. The van der Waals surface area contributed by atoms with Gasteiger partial charge in [0.2, 0.25) is 0 Å². The summed E-state index contributed by atoms with van der Waals surface area (Å²) in [5.74, 6) is 0. The molecule has 0 rings (SSSR count). The first kappa shape index (κ1) is 5.82. The van der Waals surface area contributed by atoms with Gasteiger partial charge in [-0.3, -0.25) is 0 Å². The minimum atomic E-state index is 0. The molecule has 0 aromatic heterocycles. The smallest absolute Gasteiger partial charge is 0.0543 e. The van der Waals surface area contributed by atoms with Gasteiger partial charge in [-0.25, -0.2) is 0 Å². The van der Waals surface area contributed by atoms with Crippen LogP contribution >= 0.6 is 18.4 Å². The Bertz CT molecular complexity index is 15.7. The molecule has 0 saturated carbocycles. The van der Waals surface area contributed by atoms with Gasteiger partial charge in [0.05, 0.1) is 2.56 Å². The molecule has 36 valence electrons. The van der Waals surface area contributed by atoms with Crippen LogP contribution in [0.2, 0.25) is 0 Å². The SMILES string of the molecule is O.[3H]PC.[3H]PC. The minimum Gasteiger partial charge on any atom is -0.412 e. The van der Waals surface area contributed by atoms with E-state index in [4.69, 9.17) is 2.56 Å². The molecule has 0 aliphatic rings. The lowest BCUT2D eigenvalue weighted by Crippen LogP contribution is -0.804. The van der Waals surface area contributed by atoms with Crippen molar-refractivity contribution in [3.05, 3.63) is 0 Å². The molecule has 0 aliphatic heterocycles. The van der Waals surface area contributed by atoms with Crippen LogP contribution in [0.25, 0.3) is 0 Å². The van der Waals surface area contributed by atoms with Crippen molar-refractivity contribution in [1.82, 2.24) is 0 Å². The summed E-state index contributed by atoms with van der Waals surface area (Å²) in [7, 11) is 0.667. The van der Waals surface area contributed by atoms with Gasteiger partial charge in [-0.1, -0.05) is 13.3 Å². The van der Waals surface area contributed by atoms with E-state index in [1.54, 1.807) is 0 Å². The summed E-state index contributed by atoms with van der Waals surface area (Å²) in [5, 5.41) is 0. The van der Waals surface area contributed by atoms with Crippen LogP contribution in [-0.2, 0) is 0 Å². The first-order chi connectivity index (χ1) is 2.83. The van der Waals surface area contributed by atoms with Crippen LogP contribution in [0, 0.1) is 0 Å². The van der Waals surface area contributed by atoms with Gasteiger partial charge in [0.1, 0.15) is 0 Å². The van der Waals surface area contributed by atoms with E-state index in [9.17, 15) is 0 Å². The van der Waals surface area contributed by atoms with Gasteiger partial charge in [-0.15, -0.1) is 18.4 Å². The fourth-order valence-electron chi connectivity index (χ4n) is 0. The first-order valence-corrected chi connectivity index (χ1v) is 3.00. The molecule has 0 aromatic carbocycles. The highest BCUT2D eigenvalue weighted by Crippen LogP contribution is 1.46. The van der Waals surface area contributed by atoms with Gasteiger partial charge in [-0.05, 0) is 0 Å². The zero-order chi connectivity index (χ0) is 5.41. The molecule has 2 atom stereocenters. The van der Waals surface area contributed by atoms with E-state index in [0.29, 0.717) is 18.4 Å². The molecular formula is C2H12OP2. The van der Waals surface area contributed by atoms with Crippen LogP contribution in [0.4, 0.5) is 0 Å². The van der Waals surface area contributed by atoms with E-state index in [-0.39, 0.29) is 5.48 Å². The van der Waals surface area contributed by atoms with Gasteiger partial charge in [0.15, 0.2) is 0 Å². The van der Waals surface area contributed by atoms with Crippen molar-refractivity contribution >= 4 is 18.4 Å². The Kier molecular flexibility index (Phi) is 122. The summed E-state index contributed by atoms with van der Waals surface area (Å²) >= 11 is 0. The maximum atomic E-state index is 6.24. The second-order valence-corrected chi connectivity index (χ2v) is 0.